The van der Waals surface area contributed by atoms with E-state index in [2.05, 4.69) is 4.98 Å². The van der Waals surface area contributed by atoms with Gasteiger partial charge in [0.1, 0.15) is 0 Å². The van der Waals surface area contributed by atoms with E-state index in [9.17, 15) is 14.9 Å². The second kappa shape index (κ2) is 6.69. The number of hydrogen-bond acceptors (Lipinski definition) is 4. The number of ether oxygens (including phenoxy) is 1. The molecule has 0 bridgehead atoms. The first kappa shape index (κ1) is 14.8. The Morgan fingerprint density at radius 1 is 1.43 bits per heavy atom. The second-order valence-electron chi connectivity index (χ2n) is 4.63. The van der Waals surface area contributed by atoms with Crippen molar-refractivity contribution in [2.75, 3.05) is 6.61 Å². The van der Waals surface area contributed by atoms with Crippen LogP contribution < -0.4 is 0 Å². The maximum absolute atomic E-state index is 11.1. The number of aromatic nitrogens is 1. The minimum Gasteiger partial charge on any atom is -0.466 e. The Kier molecular flexibility index (Phi) is 4.71. The molecule has 1 aromatic heterocycles. The quantitative estimate of drug-likeness (QED) is 0.383. The van der Waals surface area contributed by atoms with Crippen molar-refractivity contribution in [2.45, 2.75) is 19.8 Å². The third-order valence-corrected chi connectivity index (χ3v) is 3.06. The summed E-state index contributed by atoms with van der Waals surface area (Å²) in [6.45, 7) is 1.50. The molecule has 6 nitrogen and oxygen atoms in total. The molecule has 0 saturated carbocycles. The fourth-order valence-electron chi connectivity index (χ4n) is 2.08. The first-order valence-corrected chi connectivity index (χ1v) is 6.62. The van der Waals surface area contributed by atoms with Gasteiger partial charge in [0.15, 0.2) is 0 Å². The molecule has 6 heteroatoms. The van der Waals surface area contributed by atoms with Gasteiger partial charge in [0, 0.05) is 42.1 Å². The van der Waals surface area contributed by atoms with Crippen LogP contribution in [0, 0.1) is 10.1 Å². The molecule has 0 amide bonds. The zero-order valence-corrected chi connectivity index (χ0v) is 11.7. The Balaban J connectivity index is 2.13. The number of rotatable bonds is 6. The average Bonchev–Trinajstić information content (AvgIpc) is 2.85. The molecule has 0 aliphatic heterocycles. The zero-order valence-electron chi connectivity index (χ0n) is 11.7. The van der Waals surface area contributed by atoms with E-state index >= 15 is 0 Å². The van der Waals surface area contributed by atoms with Crippen molar-refractivity contribution in [2.24, 2.45) is 0 Å². The van der Waals surface area contributed by atoms with Crippen molar-refractivity contribution in [3.8, 4) is 0 Å². The summed E-state index contributed by atoms with van der Waals surface area (Å²) in [5.74, 6) is -0.377. The molecule has 0 aliphatic rings. The van der Waals surface area contributed by atoms with Crippen LogP contribution in [0.5, 0.6) is 0 Å². The molecule has 110 valence electrons. The van der Waals surface area contributed by atoms with E-state index in [1.165, 1.54) is 6.92 Å². The summed E-state index contributed by atoms with van der Waals surface area (Å²) < 4.78 is 4.78. The van der Waals surface area contributed by atoms with Gasteiger partial charge in [-0.1, -0.05) is 18.2 Å². The third-order valence-electron chi connectivity index (χ3n) is 3.06. The van der Waals surface area contributed by atoms with Crippen LogP contribution in [0.25, 0.3) is 17.0 Å². The molecule has 0 saturated heterocycles. The van der Waals surface area contributed by atoms with Crippen LogP contribution in [0.15, 0.2) is 36.2 Å². The molecule has 0 atom stereocenters. The van der Waals surface area contributed by atoms with Crippen LogP contribution in [0.4, 0.5) is 0 Å². The predicted molar refractivity (Wildman–Crippen MR) is 79.1 cm³/mol. The van der Waals surface area contributed by atoms with Crippen LogP contribution in [0.3, 0.4) is 0 Å². The number of carbonyl (C=O) groups excluding carboxylic acids is 1. The van der Waals surface area contributed by atoms with E-state index in [0.717, 1.165) is 16.5 Å². The molecular formula is C15H16N2O4. The lowest BCUT2D eigenvalue weighted by Crippen LogP contribution is -2.04. The van der Waals surface area contributed by atoms with Gasteiger partial charge in [-0.25, -0.2) is 0 Å². The van der Waals surface area contributed by atoms with Gasteiger partial charge < -0.3 is 9.72 Å². The maximum Gasteiger partial charge on any atom is 0.302 e. The van der Waals surface area contributed by atoms with Crippen molar-refractivity contribution < 1.29 is 14.5 Å². The summed E-state index contributed by atoms with van der Waals surface area (Å²) in [6, 6.07) is 7.62. The largest absolute Gasteiger partial charge is 0.466 e. The number of hydrogen-bond donors (Lipinski definition) is 1. The molecule has 21 heavy (non-hydrogen) atoms. The van der Waals surface area contributed by atoms with E-state index in [0.29, 0.717) is 6.42 Å². The lowest BCUT2D eigenvalue weighted by molar-refractivity contribution is -0.426. The minimum absolute atomic E-state index is 0.104. The van der Waals surface area contributed by atoms with Crippen molar-refractivity contribution >= 4 is 22.9 Å². The molecule has 0 unspecified atom stereocenters. The van der Waals surface area contributed by atoms with E-state index in [1.807, 2.05) is 24.3 Å². The summed E-state index contributed by atoms with van der Waals surface area (Å²) in [6.07, 6.45) is 3.99. The van der Waals surface area contributed by atoms with Crippen LogP contribution in [0.1, 0.15) is 25.3 Å². The van der Waals surface area contributed by atoms with Gasteiger partial charge in [-0.3, -0.25) is 14.9 Å². The maximum atomic E-state index is 11.1. The van der Waals surface area contributed by atoms with Crippen LogP contribution in [0.2, 0.25) is 0 Å². The number of benzene rings is 1. The SMILES string of the molecule is CC(=O)OCCC/C(=C\c1c[nH]c2ccccc12)[N+](=O)[O-]. The molecule has 2 rings (SSSR count). The number of carbonyl (C=O) groups is 1. The number of allylic oxidation sites excluding steroid dienone is 1. The second-order valence-corrected chi connectivity index (χ2v) is 4.63. The van der Waals surface area contributed by atoms with Crippen molar-refractivity contribution in [1.82, 2.24) is 4.98 Å². The highest BCUT2D eigenvalue weighted by Gasteiger charge is 2.12. The Labute approximate surface area is 121 Å². The summed E-state index contributed by atoms with van der Waals surface area (Å²) in [7, 11) is 0. The van der Waals surface area contributed by atoms with E-state index in [1.54, 1.807) is 12.3 Å². The van der Waals surface area contributed by atoms with Gasteiger partial charge in [-0.15, -0.1) is 0 Å². The van der Waals surface area contributed by atoms with Crippen LogP contribution in [-0.2, 0) is 9.53 Å². The Bertz CT molecular complexity index is 688. The molecular weight excluding hydrogens is 272 g/mol. The number of aromatic amines is 1. The predicted octanol–water partition coefficient (Wildman–Crippen LogP) is 3.13. The van der Waals surface area contributed by atoms with E-state index in [-0.39, 0.29) is 24.7 Å². The van der Waals surface area contributed by atoms with Gasteiger partial charge in [-0.2, -0.15) is 0 Å². The number of nitrogens with one attached hydrogen (secondary N) is 1. The summed E-state index contributed by atoms with van der Waals surface area (Å²) in [5.41, 5.74) is 1.82. The first-order valence-electron chi connectivity index (χ1n) is 6.62. The number of nitrogens with zero attached hydrogens (tertiary/aromatic N) is 1. The lowest BCUT2D eigenvalue weighted by atomic mass is 10.1. The number of para-hydroxylation sites is 1. The summed E-state index contributed by atoms with van der Waals surface area (Å²) in [5, 5.41) is 12.1. The van der Waals surface area contributed by atoms with Gasteiger partial charge in [0.25, 0.3) is 0 Å². The number of H-pyrrole nitrogens is 1. The molecule has 2 aromatic rings. The van der Waals surface area contributed by atoms with Crippen molar-refractivity contribution in [3.05, 3.63) is 51.8 Å². The smallest absolute Gasteiger partial charge is 0.302 e. The summed E-state index contributed by atoms with van der Waals surface area (Å²) >= 11 is 0. The fraction of sp³-hybridized carbons (Fsp3) is 0.267. The Morgan fingerprint density at radius 3 is 2.90 bits per heavy atom. The molecule has 0 radical (unpaired) electrons. The molecule has 0 fully saturated rings. The zero-order chi connectivity index (χ0) is 15.2. The van der Waals surface area contributed by atoms with Gasteiger partial charge in [-0.05, 0) is 12.5 Å². The number of nitro groups is 1. The molecule has 1 aromatic carbocycles. The highest BCUT2D eigenvalue weighted by atomic mass is 16.6. The van der Waals surface area contributed by atoms with E-state index in [4.69, 9.17) is 4.74 Å². The molecule has 1 N–H and O–H groups in total. The minimum atomic E-state index is -0.393. The van der Waals surface area contributed by atoms with Crippen LogP contribution >= 0.6 is 0 Å². The first-order chi connectivity index (χ1) is 10.1. The fourth-order valence-corrected chi connectivity index (χ4v) is 2.08. The average molecular weight is 288 g/mol. The van der Waals surface area contributed by atoms with Gasteiger partial charge in [0.2, 0.25) is 5.70 Å². The lowest BCUT2D eigenvalue weighted by Gasteiger charge is -2.01. The Hall–Kier alpha value is -2.63. The highest BCUT2D eigenvalue weighted by Crippen LogP contribution is 2.21. The number of esters is 1. The standard InChI is InChI=1S/C15H16N2O4/c1-11(18)21-8-4-5-13(17(19)20)9-12-10-16-15-7-3-2-6-14(12)15/h2-3,6-7,9-10,16H,4-5,8H2,1H3/b13-9+. The van der Waals surface area contributed by atoms with Crippen molar-refractivity contribution in [1.29, 1.82) is 0 Å². The van der Waals surface area contributed by atoms with Gasteiger partial charge >= 0.3 is 5.97 Å². The number of fused-ring (bicyclic) bond motifs is 1. The van der Waals surface area contributed by atoms with E-state index < -0.39 is 4.92 Å². The highest BCUT2D eigenvalue weighted by molar-refractivity contribution is 5.88. The topological polar surface area (TPSA) is 85.2 Å². The Morgan fingerprint density at radius 2 is 2.19 bits per heavy atom. The molecule has 0 spiro atoms. The van der Waals surface area contributed by atoms with Gasteiger partial charge in [0.05, 0.1) is 11.5 Å². The molecule has 1 heterocycles. The monoisotopic (exact) mass is 288 g/mol. The van der Waals surface area contributed by atoms with Crippen LogP contribution in [-0.4, -0.2) is 22.5 Å². The summed E-state index contributed by atoms with van der Waals surface area (Å²) in [4.78, 5) is 24.4. The third kappa shape index (κ3) is 3.92. The normalized spacial score (nSPS) is 11.6. The van der Waals surface area contributed by atoms with Crippen molar-refractivity contribution in [3.63, 3.8) is 0 Å². The molecule has 0 aliphatic carbocycles.